The van der Waals surface area contributed by atoms with Gasteiger partial charge in [-0.2, -0.15) is 0 Å². The van der Waals surface area contributed by atoms with Crippen LogP contribution in [0.5, 0.6) is 0 Å². The van der Waals surface area contributed by atoms with Gasteiger partial charge in [-0.15, -0.1) is 0 Å². The fourth-order valence-electron chi connectivity index (χ4n) is 2.01. The maximum absolute atomic E-state index is 13.0. The van der Waals surface area contributed by atoms with Gasteiger partial charge in [-0.05, 0) is 32.0 Å². The lowest BCUT2D eigenvalue weighted by molar-refractivity contribution is 0.0949. The van der Waals surface area contributed by atoms with Gasteiger partial charge in [0.15, 0.2) is 0 Å². The number of aromatic nitrogens is 1. The summed E-state index contributed by atoms with van der Waals surface area (Å²) in [6.45, 7) is 3.51. The molecule has 1 aliphatic heterocycles. The molecule has 2 heterocycles. The molecule has 98 valence electrons. The minimum Gasteiger partial charge on any atom is -0.351 e. The van der Waals surface area contributed by atoms with Crippen molar-refractivity contribution >= 4 is 17.5 Å². The number of hydrogen-bond acceptors (Lipinski definition) is 3. The molecule has 1 saturated heterocycles. The van der Waals surface area contributed by atoms with Gasteiger partial charge in [0.05, 0.1) is 11.8 Å². The molecule has 4 nitrogen and oxygen atoms in total. The molecule has 1 fully saturated rings. The second-order valence-corrected chi connectivity index (χ2v) is 4.65. The van der Waals surface area contributed by atoms with Gasteiger partial charge in [0.2, 0.25) is 0 Å². The summed E-state index contributed by atoms with van der Waals surface area (Å²) in [5.74, 6) is -0.949. The van der Waals surface area contributed by atoms with E-state index in [1.54, 1.807) is 0 Å². The maximum atomic E-state index is 13.0. The molecule has 0 unspecified atom stereocenters. The molecule has 0 atom stereocenters. The Morgan fingerprint density at radius 1 is 1.50 bits per heavy atom. The maximum Gasteiger partial charge on any atom is 0.254 e. The third-order valence-electron chi connectivity index (χ3n) is 2.96. The number of likely N-dealkylation sites (tertiary alicyclic amines) is 1. The first kappa shape index (κ1) is 13.2. The van der Waals surface area contributed by atoms with E-state index in [-0.39, 0.29) is 16.6 Å². The minimum atomic E-state index is -0.566. The Kier molecular flexibility index (Phi) is 4.49. The van der Waals surface area contributed by atoms with E-state index in [0.29, 0.717) is 6.54 Å². The molecule has 1 aliphatic rings. The molecule has 18 heavy (non-hydrogen) atoms. The molecule has 1 aromatic heterocycles. The van der Waals surface area contributed by atoms with Gasteiger partial charge in [-0.3, -0.25) is 4.79 Å². The molecule has 1 aromatic rings. The Hall–Kier alpha value is -1.20. The SMILES string of the molecule is O=C(NCCN1CCCC1)c1cc(F)cnc1Cl. The van der Waals surface area contributed by atoms with Crippen LogP contribution in [0, 0.1) is 5.82 Å². The fraction of sp³-hybridized carbons (Fsp3) is 0.500. The Morgan fingerprint density at radius 2 is 2.22 bits per heavy atom. The summed E-state index contributed by atoms with van der Waals surface area (Å²) in [6.07, 6.45) is 3.42. The summed E-state index contributed by atoms with van der Waals surface area (Å²) in [6, 6.07) is 1.10. The third kappa shape index (κ3) is 3.40. The summed E-state index contributed by atoms with van der Waals surface area (Å²) < 4.78 is 13.0. The summed E-state index contributed by atoms with van der Waals surface area (Å²) in [7, 11) is 0. The number of carbonyl (C=O) groups is 1. The first-order valence-electron chi connectivity index (χ1n) is 5.98. The van der Waals surface area contributed by atoms with Crippen LogP contribution in [0.4, 0.5) is 4.39 Å². The molecule has 0 radical (unpaired) electrons. The average molecular weight is 272 g/mol. The molecule has 0 saturated carbocycles. The number of rotatable bonds is 4. The summed E-state index contributed by atoms with van der Waals surface area (Å²) >= 11 is 5.75. The third-order valence-corrected chi connectivity index (χ3v) is 3.26. The van der Waals surface area contributed by atoms with Crippen molar-refractivity contribution in [3.63, 3.8) is 0 Å². The quantitative estimate of drug-likeness (QED) is 0.848. The van der Waals surface area contributed by atoms with Crippen molar-refractivity contribution in [1.82, 2.24) is 15.2 Å². The number of pyridine rings is 1. The highest BCUT2D eigenvalue weighted by molar-refractivity contribution is 6.32. The van der Waals surface area contributed by atoms with Gasteiger partial charge in [0.1, 0.15) is 11.0 Å². The zero-order chi connectivity index (χ0) is 13.0. The fourth-order valence-corrected chi connectivity index (χ4v) is 2.20. The molecular formula is C12H15ClFN3O. The van der Waals surface area contributed by atoms with Gasteiger partial charge in [-0.25, -0.2) is 9.37 Å². The van der Waals surface area contributed by atoms with Crippen molar-refractivity contribution in [2.75, 3.05) is 26.2 Å². The van der Waals surface area contributed by atoms with E-state index in [9.17, 15) is 9.18 Å². The van der Waals surface area contributed by atoms with E-state index in [4.69, 9.17) is 11.6 Å². The lowest BCUT2D eigenvalue weighted by Gasteiger charge is -2.14. The van der Waals surface area contributed by atoms with Crippen molar-refractivity contribution in [2.24, 2.45) is 0 Å². The van der Waals surface area contributed by atoms with Gasteiger partial charge < -0.3 is 10.2 Å². The van der Waals surface area contributed by atoms with Gasteiger partial charge in [0, 0.05) is 13.1 Å². The first-order valence-corrected chi connectivity index (χ1v) is 6.36. The van der Waals surface area contributed by atoms with Gasteiger partial charge in [0.25, 0.3) is 5.91 Å². The van der Waals surface area contributed by atoms with E-state index in [0.717, 1.165) is 31.9 Å². The molecule has 6 heteroatoms. The van der Waals surface area contributed by atoms with E-state index < -0.39 is 5.82 Å². The van der Waals surface area contributed by atoms with Crippen LogP contribution in [0.3, 0.4) is 0 Å². The Bertz CT molecular complexity index is 435. The Labute approximate surface area is 110 Å². The van der Waals surface area contributed by atoms with Crippen LogP contribution in [-0.4, -0.2) is 42.0 Å². The number of amides is 1. The van der Waals surface area contributed by atoms with Crippen molar-refractivity contribution in [3.8, 4) is 0 Å². The minimum absolute atomic E-state index is 0.0232. The molecule has 1 N–H and O–H groups in total. The number of nitrogens with one attached hydrogen (secondary N) is 1. The topological polar surface area (TPSA) is 45.2 Å². The first-order chi connectivity index (χ1) is 8.66. The molecule has 0 aliphatic carbocycles. The Morgan fingerprint density at radius 3 is 2.94 bits per heavy atom. The van der Waals surface area contributed by atoms with E-state index in [1.165, 1.54) is 12.8 Å². The van der Waals surface area contributed by atoms with Crippen LogP contribution in [0.1, 0.15) is 23.2 Å². The lowest BCUT2D eigenvalue weighted by Crippen LogP contribution is -2.33. The number of halogens is 2. The van der Waals surface area contributed by atoms with Crippen LogP contribution in [0.2, 0.25) is 5.15 Å². The zero-order valence-electron chi connectivity index (χ0n) is 9.96. The second kappa shape index (κ2) is 6.11. The summed E-state index contributed by atoms with van der Waals surface area (Å²) in [5.41, 5.74) is 0.0816. The average Bonchev–Trinajstić information content (AvgIpc) is 2.85. The highest BCUT2D eigenvalue weighted by atomic mass is 35.5. The standard InChI is InChI=1S/C12H15ClFN3O/c13-11-10(7-9(14)8-16-11)12(18)15-3-6-17-4-1-2-5-17/h7-8H,1-6H2,(H,15,18). The smallest absolute Gasteiger partial charge is 0.254 e. The van der Waals surface area contributed by atoms with Crippen LogP contribution in [0.25, 0.3) is 0 Å². The second-order valence-electron chi connectivity index (χ2n) is 4.30. The van der Waals surface area contributed by atoms with Crippen LogP contribution in [0.15, 0.2) is 12.3 Å². The number of hydrogen-bond donors (Lipinski definition) is 1. The van der Waals surface area contributed by atoms with Crippen molar-refractivity contribution in [2.45, 2.75) is 12.8 Å². The predicted molar refractivity (Wildman–Crippen MR) is 67.2 cm³/mol. The number of nitrogens with zero attached hydrogens (tertiary/aromatic N) is 2. The molecule has 0 bridgehead atoms. The van der Waals surface area contributed by atoms with E-state index in [2.05, 4.69) is 15.2 Å². The molecule has 0 aromatic carbocycles. The van der Waals surface area contributed by atoms with E-state index >= 15 is 0 Å². The molecular weight excluding hydrogens is 257 g/mol. The monoisotopic (exact) mass is 271 g/mol. The lowest BCUT2D eigenvalue weighted by atomic mass is 10.2. The highest BCUT2D eigenvalue weighted by Gasteiger charge is 2.14. The Balaban J connectivity index is 1.85. The van der Waals surface area contributed by atoms with Crippen molar-refractivity contribution < 1.29 is 9.18 Å². The predicted octanol–water partition coefficient (Wildman–Crippen LogP) is 1.70. The molecule has 2 rings (SSSR count). The molecule has 0 spiro atoms. The highest BCUT2D eigenvalue weighted by Crippen LogP contribution is 2.13. The van der Waals surface area contributed by atoms with Crippen LogP contribution in [-0.2, 0) is 0 Å². The van der Waals surface area contributed by atoms with E-state index in [1.807, 2.05) is 0 Å². The van der Waals surface area contributed by atoms with Gasteiger partial charge >= 0.3 is 0 Å². The summed E-state index contributed by atoms with van der Waals surface area (Å²) in [4.78, 5) is 17.7. The van der Waals surface area contributed by atoms with Gasteiger partial charge in [-0.1, -0.05) is 11.6 Å². The van der Waals surface area contributed by atoms with Crippen molar-refractivity contribution in [3.05, 3.63) is 28.8 Å². The van der Waals surface area contributed by atoms with Crippen LogP contribution >= 0.6 is 11.6 Å². The zero-order valence-corrected chi connectivity index (χ0v) is 10.7. The largest absolute Gasteiger partial charge is 0.351 e. The van der Waals surface area contributed by atoms with Crippen molar-refractivity contribution in [1.29, 1.82) is 0 Å². The normalized spacial score (nSPS) is 15.9. The molecule has 1 amide bonds. The van der Waals surface area contributed by atoms with Crippen LogP contribution < -0.4 is 5.32 Å². The summed E-state index contributed by atoms with van der Waals surface area (Å²) in [5, 5.41) is 2.75. The number of carbonyl (C=O) groups excluding carboxylic acids is 1.